The number of nitrogens with one attached hydrogen (secondary N) is 2. The molecule has 1 heterocycles. The number of esters is 2. The maximum atomic E-state index is 13.5. The Bertz CT molecular complexity index is 1560. The van der Waals surface area contributed by atoms with E-state index in [4.69, 9.17) is 9.47 Å². The summed E-state index contributed by atoms with van der Waals surface area (Å²) in [4.78, 5) is 26.9. The highest BCUT2D eigenvalue weighted by atomic mass is 32.2. The SMILES string of the molecule is CCOC(=O)C1(C(=O)OCC)NC(c2cccc(C#N)c2)c2c(NS(=O)(=O)c3ccc(C)cc3)ccc(O)c21. The minimum atomic E-state index is -4.13. The Kier molecular flexibility index (Phi) is 7.63. The molecule has 1 atom stereocenters. The molecule has 1 unspecified atom stereocenters. The summed E-state index contributed by atoms with van der Waals surface area (Å²) >= 11 is 0. The van der Waals surface area contributed by atoms with Crippen LogP contribution in [-0.2, 0) is 34.6 Å². The summed E-state index contributed by atoms with van der Waals surface area (Å²) in [5.41, 5.74) is -0.787. The van der Waals surface area contributed by atoms with Crippen molar-refractivity contribution < 1.29 is 32.6 Å². The number of carbonyl (C=O) groups excluding carboxylic acids is 2. The highest BCUT2D eigenvalue weighted by molar-refractivity contribution is 7.92. The number of sulfonamides is 1. The van der Waals surface area contributed by atoms with Crippen LogP contribution in [0.4, 0.5) is 5.69 Å². The van der Waals surface area contributed by atoms with E-state index in [1.165, 1.54) is 30.3 Å². The summed E-state index contributed by atoms with van der Waals surface area (Å²) in [6.45, 7) is 4.80. The first-order chi connectivity index (χ1) is 18.6. The normalized spacial score (nSPS) is 15.6. The second-order valence-corrected chi connectivity index (χ2v) is 10.5. The van der Waals surface area contributed by atoms with Gasteiger partial charge in [0, 0.05) is 11.1 Å². The largest absolute Gasteiger partial charge is 0.508 e. The van der Waals surface area contributed by atoms with Crippen LogP contribution in [-0.4, -0.2) is 38.7 Å². The molecule has 202 valence electrons. The molecule has 0 radical (unpaired) electrons. The van der Waals surface area contributed by atoms with E-state index in [1.807, 2.05) is 13.0 Å². The van der Waals surface area contributed by atoms with Crippen LogP contribution < -0.4 is 10.0 Å². The number of ether oxygens (including phenoxy) is 2. The van der Waals surface area contributed by atoms with Gasteiger partial charge in [-0.2, -0.15) is 5.26 Å². The fourth-order valence-electron chi connectivity index (χ4n) is 4.59. The van der Waals surface area contributed by atoms with Crippen LogP contribution in [0, 0.1) is 18.3 Å². The van der Waals surface area contributed by atoms with Gasteiger partial charge < -0.3 is 14.6 Å². The van der Waals surface area contributed by atoms with E-state index in [-0.39, 0.29) is 34.9 Å². The van der Waals surface area contributed by atoms with Crippen molar-refractivity contribution in [3.63, 3.8) is 0 Å². The summed E-state index contributed by atoms with van der Waals surface area (Å²) in [6, 6.07) is 16.1. The Balaban J connectivity index is 2.00. The predicted molar refractivity (Wildman–Crippen MR) is 141 cm³/mol. The van der Waals surface area contributed by atoms with Gasteiger partial charge in [-0.1, -0.05) is 29.8 Å². The molecule has 0 spiro atoms. The van der Waals surface area contributed by atoms with Crippen molar-refractivity contribution in [3.8, 4) is 11.8 Å². The van der Waals surface area contributed by atoms with Crippen molar-refractivity contribution >= 4 is 27.6 Å². The number of anilines is 1. The highest BCUT2D eigenvalue weighted by Crippen LogP contribution is 2.50. The second kappa shape index (κ2) is 10.8. The maximum absolute atomic E-state index is 13.5. The van der Waals surface area contributed by atoms with Crippen molar-refractivity contribution in [2.45, 2.75) is 37.2 Å². The number of fused-ring (bicyclic) bond motifs is 1. The van der Waals surface area contributed by atoms with Crippen LogP contribution in [0.2, 0.25) is 0 Å². The molecule has 0 aromatic heterocycles. The van der Waals surface area contributed by atoms with Gasteiger partial charge in [0.2, 0.25) is 5.54 Å². The van der Waals surface area contributed by atoms with E-state index >= 15 is 0 Å². The Morgan fingerprint density at radius 3 is 2.28 bits per heavy atom. The third-order valence-corrected chi connectivity index (χ3v) is 7.72. The van der Waals surface area contributed by atoms with E-state index in [0.717, 1.165) is 5.56 Å². The van der Waals surface area contributed by atoms with E-state index in [9.17, 15) is 28.4 Å². The summed E-state index contributed by atoms with van der Waals surface area (Å²) in [7, 11) is -4.13. The second-order valence-electron chi connectivity index (χ2n) is 8.85. The third-order valence-electron chi connectivity index (χ3n) is 6.34. The minimum absolute atomic E-state index is 0.00837. The third kappa shape index (κ3) is 4.92. The van der Waals surface area contributed by atoms with Crippen LogP contribution >= 0.6 is 0 Å². The van der Waals surface area contributed by atoms with E-state index in [2.05, 4.69) is 10.0 Å². The quantitative estimate of drug-likeness (QED) is 0.218. The summed E-state index contributed by atoms with van der Waals surface area (Å²) < 4.78 is 39.8. The minimum Gasteiger partial charge on any atom is -0.508 e. The van der Waals surface area contributed by atoms with Crippen LogP contribution in [0.1, 0.15) is 47.7 Å². The number of hydrogen-bond donors (Lipinski definition) is 3. The molecule has 4 rings (SSSR count). The lowest BCUT2D eigenvalue weighted by Gasteiger charge is -2.27. The van der Waals surface area contributed by atoms with E-state index in [1.54, 1.807) is 44.2 Å². The van der Waals surface area contributed by atoms with Crippen LogP contribution in [0.5, 0.6) is 5.75 Å². The Morgan fingerprint density at radius 2 is 1.69 bits per heavy atom. The summed E-state index contributed by atoms with van der Waals surface area (Å²) in [6.07, 6.45) is 0. The number of carbonyl (C=O) groups is 2. The molecule has 0 amide bonds. The van der Waals surface area contributed by atoms with Gasteiger partial charge in [-0.3, -0.25) is 10.0 Å². The van der Waals surface area contributed by atoms with E-state index in [0.29, 0.717) is 11.1 Å². The van der Waals surface area contributed by atoms with Gasteiger partial charge in [0.05, 0.1) is 41.5 Å². The molecule has 10 nitrogen and oxygen atoms in total. The van der Waals surface area contributed by atoms with E-state index < -0.39 is 39.3 Å². The number of rotatable bonds is 8. The molecule has 0 saturated heterocycles. The Morgan fingerprint density at radius 1 is 1.05 bits per heavy atom. The standard InChI is InChI=1S/C28H27N3O7S/c1-4-37-26(33)28(27(34)38-5-2)24-22(32)14-13-21(31-39(35,36)20-11-9-17(3)10-12-20)23(24)25(30-28)19-8-6-7-18(15-19)16-29/h6-15,25,30-32H,4-5H2,1-3H3. The molecule has 1 aliphatic heterocycles. The predicted octanol–water partition coefficient (Wildman–Crippen LogP) is 3.39. The first-order valence-corrected chi connectivity index (χ1v) is 13.6. The van der Waals surface area contributed by atoms with Crippen LogP contribution in [0.15, 0.2) is 65.6 Å². The zero-order chi connectivity index (χ0) is 28.4. The molecular formula is C28H27N3O7S. The smallest absolute Gasteiger partial charge is 0.343 e. The van der Waals surface area contributed by atoms with Crippen molar-refractivity contribution in [3.05, 3.63) is 88.5 Å². The average Bonchev–Trinajstić information content (AvgIpc) is 3.29. The molecule has 39 heavy (non-hydrogen) atoms. The lowest BCUT2D eigenvalue weighted by Crippen LogP contribution is -2.54. The number of phenols is 1. The number of benzene rings is 3. The van der Waals surface area contributed by atoms with Gasteiger partial charge in [-0.05, 0) is 62.7 Å². The first-order valence-electron chi connectivity index (χ1n) is 12.2. The lowest BCUT2D eigenvalue weighted by atomic mass is 9.87. The Hall–Kier alpha value is -4.40. The van der Waals surface area contributed by atoms with Gasteiger partial charge in [-0.15, -0.1) is 0 Å². The van der Waals surface area contributed by atoms with Gasteiger partial charge in [0.1, 0.15) is 5.75 Å². The number of nitrogens with zero attached hydrogens (tertiary/aromatic N) is 1. The molecule has 3 N–H and O–H groups in total. The van der Waals surface area contributed by atoms with Gasteiger partial charge >= 0.3 is 11.9 Å². The molecule has 3 aromatic carbocycles. The van der Waals surface area contributed by atoms with Gasteiger partial charge in [-0.25, -0.2) is 18.0 Å². The zero-order valence-corrected chi connectivity index (χ0v) is 22.3. The van der Waals surface area contributed by atoms with Crippen LogP contribution in [0.25, 0.3) is 0 Å². The Labute approximate surface area is 226 Å². The summed E-state index contributed by atoms with van der Waals surface area (Å²) in [5.74, 6) is -2.51. The maximum Gasteiger partial charge on any atom is 0.343 e. The molecule has 0 aliphatic carbocycles. The number of aryl methyl sites for hydroxylation is 1. The van der Waals surface area contributed by atoms with Crippen LogP contribution in [0.3, 0.4) is 0 Å². The monoisotopic (exact) mass is 549 g/mol. The molecule has 0 saturated carbocycles. The van der Waals surface area contributed by atoms with Crippen molar-refractivity contribution in [1.82, 2.24) is 5.32 Å². The molecular weight excluding hydrogens is 522 g/mol. The lowest BCUT2D eigenvalue weighted by molar-refractivity contribution is -0.166. The fourth-order valence-corrected chi connectivity index (χ4v) is 5.67. The number of aromatic hydroxyl groups is 1. The number of hydrogen-bond acceptors (Lipinski definition) is 9. The van der Waals surface area contributed by atoms with Crippen molar-refractivity contribution in [1.29, 1.82) is 5.26 Å². The first kappa shape index (κ1) is 27.6. The molecule has 1 aliphatic rings. The zero-order valence-electron chi connectivity index (χ0n) is 21.5. The van der Waals surface area contributed by atoms with Gasteiger partial charge in [0.25, 0.3) is 10.0 Å². The van der Waals surface area contributed by atoms with Crippen molar-refractivity contribution in [2.24, 2.45) is 0 Å². The topological polar surface area (TPSA) is 155 Å². The molecule has 11 heteroatoms. The highest BCUT2D eigenvalue weighted by Gasteiger charge is 2.60. The molecule has 0 bridgehead atoms. The number of phenolic OH excluding ortho intramolecular Hbond substituents is 1. The van der Waals surface area contributed by atoms with Gasteiger partial charge in [0.15, 0.2) is 0 Å². The average molecular weight is 550 g/mol. The summed E-state index contributed by atoms with van der Waals surface area (Å²) in [5, 5.41) is 23.5. The molecule has 0 fully saturated rings. The van der Waals surface area contributed by atoms with Crippen molar-refractivity contribution in [2.75, 3.05) is 17.9 Å². The molecule has 3 aromatic rings. The fraction of sp³-hybridized carbons (Fsp3) is 0.250. The number of nitriles is 1.